The van der Waals surface area contributed by atoms with Crippen molar-refractivity contribution in [1.29, 1.82) is 0 Å². The lowest BCUT2D eigenvalue weighted by Crippen LogP contribution is -2.49. The minimum atomic E-state index is -1.06. The Morgan fingerprint density at radius 3 is 2.43 bits per heavy atom. The lowest BCUT2D eigenvalue weighted by atomic mass is 9.86. The number of oxime groups is 1. The van der Waals surface area contributed by atoms with E-state index in [1.54, 1.807) is 23.1 Å². The van der Waals surface area contributed by atoms with E-state index < -0.39 is 29.8 Å². The largest absolute Gasteiger partial charge is 0.478 e. The van der Waals surface area contributed by atoms with Gasteiger partial charge >= 0.3 is 5.97 Å². The molecule has 0 bridgehead atoms. The van der Waals surface area contributed by atoms with Gasteiger partial charge in [0.15, 0.2) is 11.6 Å². The van der Waals surface area contributed by atoms with Crippen LogP contribution in [0.2, 0.25) is 5.02 Å². The Morgan fingerprint density at radius 2 is 1.71 bits per heavy atom. The molecule has 0 spiro atoms. The Hall–Kier alpha value is -4.77. The molecule has 0 aliphatic carbocycles. The predicted molar refractivity (Wildman–Crippen MR) is 180 cm³/mol. The van der Waals surface area contributed by atoms with Gasteiger partial charge in [-0.2, -0.15) is 0 Å². The molecule has 7 rings (SSSR count). The Balaban J connectivity index is 1.15. The lowest BCUT2D eigenvalue weighted by molar-refractivity contribution is -0.149. The monoisotopic (exact) mass is 686 g/mol. The Kier molecular flexibility index (Phi) is 9.11. The number of fused-ring (bicyclic) bond motifs is 1. The van der Waals surface area contributed by atoms with Crippen LogP contribution in [0.4, 0.5) is 10.1 Å². The first kappa shape index (κ1) is 32.8. The molecule has 0 radical (unpaired) electrons. The SMILES string of the molecule is O=C(O)c1ccc(CC(=O)[C@@H]2c3cccc(N4CCC(N5CCCC5=O)CC4)c3CCN2C(=O)[C@H]2CC(c3cccc(Cl)c3F)=NO2)cc1. The molecular weight excluding hydrogens is 651 g/mol. The Bertz CT molecular complexity index is 1840. The molecule has 254 valence electrons. The van der Waals surface area contributed by atoms with Crippen molar-refractivity contribution < 1.29 is 33.5 Å². The van der Waals surface area contributed by atoms with Gasteiger partial charge in [0.1, 0.15) is 6.04 Å². The van der Waals surface area contributed by atoms with Crippen LogP contribution >= 0.6 is 11.6 Å². The molecule has 2 amide bonds. The van der Waals surface area contributed by atoms with Crippen LogP contribution in [0.5, 0.6) is 0 Å². The van der Waals surface area contributed by atoms with Crippen LogP contribution in [0.1, 0.15) is 70.8 Å². The number of rotatable bonds is 8. The zero-order valence-electron chi connectivity index (χ0n) is 26.8. The number of halogens is 2. The van der Waals surface area contributed by atoms with Gasteiger partial charge in [0, 0.05) is 62.7 Å². The second-order valence-corrected chi connectivity index (χ2v) is 13.4. The van der Waals surface area contributed by atoms with Crippen LogP contribution < -0.4 is 4.90 Å². The van der Waals surface area contributed by atoms with Crippen molar-refractivity contribution in [2.75, 3.05) is 31.1 Å². The third-order valence-corrected chi connectivity index (χ3v) is 10.4. The number of nitrogens with zero attached hydrogens (tertiary/aromatic N) is 4. The van der Waals surface area contributed by atoms with Crippen LogP contribution in [0.3, 0.4) is 0 Å². The van der Waals surface area contributed by atoms with Gasteiger partial charge in [0.2, 0.25) is 12.0 Å². The van der Waals surface area contributed by atoms with Crippen LogP contribution in [0, 0.1) is 5.82 Å². The number of piperidine rings is 1. The van der Waals surface area contributed by atoms with E-state index in [1.807, 2.05) is 17.0 Å². The number of benzene rings is 3. The molecule has 4 heterocycles. The van der Waals surface area contributed by atoms with E-state index in [0.29, 0.717) is 18.4 Å². The molecule has 12 heteroatoms. The van der Waals surface area contributed by atoms with Crippen LogP contribution in [0.25, 0.3) is 0 Å². The van der Waals surface area contributed by atoms with Crippen molar-refractivity contribution in [3.05, 3.63) is 99.3 Å². The molecule has 0 unspecified atom stereocenters. The molecule has 0 saturated carbocycles. The number of aromatic carboxylic acids is 1. The predicted octanol–water partition coefficient (Wildman–Crippen LogP) is 5.20. The summed E-state index contributed by atoms with van der Waals surface area (Å²) in [5.74, 6) is -2.11. The average molecular weight is 687 g/mol. The maximum absolute atomic E-state index is 14.8. The van der Waals surface area contributed by atoms with Crippen molar-refractivity contribution >= 4 is 46.6 Å². The second kappa shape index (κ2) is 13.6. The molecule has 2 saturated heterocycles. The van der Waals surface area contributed by atoms with Gasteiger partial charge in [0.25, 0.3) is 5.91 Å². The maximum atomic E-state index is 14.8. The molecule has 49 heavy (non-hydrogen) atoms. The van der Waals surface area contributed by atoms with Crippen LogP contribution in [-0.4, -0.2) is 82.5 Å². The normalized spacial score (nSPS) is 21.0. The fourth-order valence-corrected chi connectivity index (χ4v) is 7.82. The van der Waals surface area contributed by atoms with Crippen molar-refractivity contribution in [3.63, 3.8) is 0 Å². The van der Waals surface area contributed by atoms with Gasteiger partial charge in [-0.3, -0.25) is 14.4 Å². The summed E-state index contributed by atoms with van der Waals surface area (Å²) in [4.78, 5) is 63.6. The van der Waals surface area contributed by atoms with E-state index in [-0.39, 0.29) is 59.0 Å². The summed E-state index contributed by atoms with van der Waals surface area (Å²) in [6.07, 6.45) is 2.73. The van der Waals surface area contributed by atoms with Gasteiger partial charge in [-0.15, -0.1) is 0 Å². The zero-order valence-corrected chi connectivity index (χ0v) is 27.6. The molecule has 3 aromatic rings. The van der Waals surface area contributed by atoms with Gasteiger partial charge in [0.05, 0.1) is 16.3 Å². The molecule has 0 aromatic heterocycles. The van der Waals surface area contributed by atoms with Gasteiger partial charge in [-0.05, 0) is 72.7 Å². The quantitative estimate of drug-likeness (QED) is 0.346. The molecule has 2 fully saturated rings. The highest BCUT2D eigenvalue weighted by Crippen LogP contribution is 2.39. The number of likely N-dealkylation sites (tertiary alicyclic amines) is 1. The third kappa shape index (κ3) is 6.39. The fourth-order valence-electron chi connectivity index (χ4n) is 7.65. The summed E-state index contributed by atoms with van der Waals surface area (Å²) in [6.45, 7) is 2.63. The number of carboxylic acids is 1. The molecule has 3 aromatic carbocycles. The fraction of sp³-hybridized carbons (Fsp3) is 0.378. The average Bonchev–Trinajstić information content (AvgIpc) is 3.78. The first-order valence-electron chi connectivity index (χ1n) is 16.7. The molecule has 10 nitrogen and oxygen atoms in total. The smallest absolute Gasteiger partial charge is 0.335 e. The zero-order chi connectivity index (χ0) is 34.2. The molecule has 2 atom stereocenters. The summed E-state index contributed by atoms with van der Waals surface area (Å²) in [7, 11) is 0. The van der Waals surface area contributed by atoms with E-state index in [9.17, 15) is 28.7 Å². The highest BCUT2D eigenvalue weighted by molar-refractivity contribution is 6.31. The number of ketones is 1. The number of carboxylic acid groups (broad SMARTS) is 1. The topological polar surface area (TPSA) is 120 Å². The number of carbonyl (C=O) groups is 4. The number of hydrogen-bond acceptors (Lipinski definition) is 7. The second-order valence-electron chi connectivity index (χ2n) is 13.0. The summed E-state index contributed by atoms with van der Waals surface area (Å²) < 4.78 is 14.8. The van der Waals surface area contributed by atoms with Crippen molar-refractivity contribution in [2.24, 2.45) is 5.16 Å². The van der Waals surface area contributed by atoms with Gasteiger partial charge in [-0.25, -0.2) is 9.18 Å². The van der Waals surface area contributed by atoms with Crippen molar-refractivity contribution in [3.8, 4) is 0 Å². The highest BCUT2D eigenvalue weighted by atomic mass is 35.5. The minimum Gasteiger partial charge on any atom is -0.478 e. The Morgan fingerprint density at radius 1 is 0.959 bits per heavy atom. The van der Waals surface area contributed by atoms with Gasteiger partial charge in [-0.1, -0.05) is 47.1 Å². The molecular formula is C37H36ClFN4O6. The van der Waals surface area contributed by atoms with E-state index in [4.69, 9.17) is 16.4 Å². The van der Waals surface area contributed by atoms with E-state index in [1.165, 1.54) is 24.3 Å². The van der Waals surface area contributed by atoms with Gasteiger partial charge < -0.3 is 24.6 Å². The summed E-state index contributed by atoms with van der Waals surface area (Å²) in [5, 5.41) is 13.3. The van der Waals surface area contributed by atoms with Crippen LogP contribution in [0.15, 0.2) is 65.8 Å². The first-order valence-corrected chi connectivity index (χ1v) is 17.1. The maximum Gasteiger partial charge on any atom is 0.335 e. The number of hydrogen-bond donors (Lipinski definition) is 1. The molecule has 4 aliphatic heterocycles. The Labute approximate surface area is 288 Å². The van der Waals surface area contributed by atoms with Crippen LogP contribution in [-0.2, 0) is 32.1 Å². The standard InChI is InChI=1S/C37H36ClFN4O6/c38-28-6-1-5-27(34(28)39)29-21-32(49-40-29)36(46)43-19-15-25-26(35(43)31(44)20-22-9-11-23(12-10-22)37(47)48)4-2-7-30(25)41-17-13-24(14-18-41)42-16-3-8-33(42)45/h1-2,4-7,9-12,24,32,35H,3,8,13-21H2,(H,47,48)/t32-,35+/m1/s1. The van der Waals surface area contributed by atoms with E-state index >= 15 is 0 Å². The van der Waals surface area contributed by atoms with Crippen molar-refractivity contribution in [2.45, 2.75) is 63.1 Å². The minimum absolute atomic E-state index is 0.0194. The summed E-state index contributed by atoms with van der Waals surface area (Å²) in [6, 6.07) is 15.9. The molecule has 1 N–H and O–H groups in total. The van der Waals surface area contributed by atoms with E-state index in [2.05, 4.69) is 16.1 Å². The number of amides is 2. The van der Waals surface area contributed by atoms with E-state index in [0.717, 1.165) is 55.7 Å². The number of carbonyl (C=O) groups excluding carboxylic acids is 3. The third-order valence-electron chi connectivity index (χ3n) is 10.1. The first-order chi connectivity index (χ1) is 23.7. The lowest BCUT2D eigenvalue weighted by Gasteiger charge is -2.42. The highest BCUT2D eigenvalue weighted by Gasteiger charge is 2.42. The summed E-state index contributed by atoms with van der Waals surface area (Å²) >= 11 is 5.99. The number of Topliss-reactive ketones (excluding diaryl/α,β-unsaturated/α-hetero) is 1. The molecule has 4 aliphatic rings. The number of anilines is 1. The summed E-state index contributed by atoms with van der Waals surface area (Å²) in [5.41, 5.74) is 3.93. The van der Waals surface area contributed by atoms with Crippen molar-refractivity contribution in [1.82, 2.24) is 9.80 Å².